The summed E-state index contributed by atoms with van der Waals surface area (Å²) in [5.74, 6) is 0. The molecular weight excluding hydrogens is 140 g/mol. The summed E-state index contributed by atoms with van der Waals surface area (Å²) in [4.78, 5) is 0. The first kappa shape index (κ1) is 8.04. The highest BCUT2D eigenvalue weighted by atomic mass is 16.3. The minimum absolute atomic E-state index is 0.203. The molecular formula is C8H12N2O. The Morgan fingerprint density at radius 2 is 2.00 bits per heavy atom. The first-order chi connectivity index (χ1) is 5.25. The van der Waals surface area contributed by atoms with Gasteiger partial charge in [-0.05, 0) is 6.07 Å². The van der Waals surface area contributed by atoms with Gasteiger partial charge in [-0.15, -0.1) is 0 Å². The van der Waals surface area contributed by atoms with Crippen molar-refractivity contribution < 1.29 is 5.11 Å². The topological polar surface area (TPSA) is 72.3 Å². The van der Waals surface area contributed by atoms with Crippen LogP contribution in [-0.2, 0) is 0 Å². The molecule has 3 heteroatoms. The van der Waals surface area contributed by atoms with Crippen molar-refractivity contribution in [3.63, 3.8) is 0 Å². The molecule has 3 nitrogen and oxygen atoms in total. The zero-order valence-electron chi connectivity index (χ0n) is 6.20. The van der Waals surface area contributed by atoms with Crippen LogP contribution in [0, 0.1) is 0 Å². The summed E-state index contributed by atoms with van der Waals surface area (Å²) in [6.45, 7) is 0.203. The Hall–Kier alpha value is -1.06. The largest absolute Gasteiger partial charge is 0.398 e. The van der Waals surface area contributed by atoms with E-state index in [-0.39, 0.29) is 6.54 Å². The van der Waals surface area contributed by atoms with Gasteiger partial charge in [0.05, 0.1) is 6.10 Å². The van der Waals surface area contributed by atoms with Gasteiger partial charge in [0.2, 0.25) is 0 Å². The molecule has 0 aromatic heterocycles. The van der Waals surface area contributed by atoms with E-state index >= 15 is 0 Å². The lowest BCUT2D eigenvalue weighted by atomic mass is 10.1. The van der Waals surface area contributed by atoms with E-state index < -0.39 is 6.10 Å². The SMILES string of the molecule is NCC(O)c1ccccc1N. The fourth-order valence-electron chi connectivity index (χ4n) is 0.941. The van der Waals surface area contributed by atoms with Crippen molar-refractivity contribution in [3.05, 3.63) is 29.8 Å². The summed E-state index contributed by atoms with van der Waals surface area (Å²) >= 11 is 0. The normalized spacial score (nSPS) is 12.9. The zero-order chi connectivity index (χ0) is 8.27. The first-order valence-electron chi connectivity index (χ1n) is 3.48. The van der Waals surface area contributed by atoms with E-state index in [1.807, 2.05) is 12.1 Å². The number of aliphatic hydroxyl groups is 1. The highest BCUT2D eigenvalue weighted by Crippen LogP contribution is 2.18. The molecule has 0 fully saturated rings. The van der Waals surface area contributed by atoms with E-state index in [1.165, 1.54) is 0 Å². The third-order valence-electron chi connectivity index (χ3n) is 1.58. The Balaban J connectivity index is 2.93. The number of hydrogen-bond acceptors (Lipinski definition) is 3. The molecule has 5 N–H and O–H groups in total. The Morgan fingerprint density at radius 3 is 2.55 bits per heavy atom. The van der Waals surface area contributed by atoms with Crippen LogP contribution >= 0.6 is 0 Å². The number of nitrogens with two attached hydrogens (primary N) is 2. The van der Waals surface area contributed by atoms with Crippen LogP contribution in [0.3, 0.4) is 0 Å². The van der Waals surface area contributed by atoms with Crippen molar-refractivity contribution in [2.75, 3.05) is 12.3 Å². The molecule has 0 amide bonds. The number of aliphatic hydroxyl groups excluding tert-OH is 1. The number of para-hydroxylation sites is 1. The molecule has 1 atom stereocenters. The molecule has 0 radical (unpaired) electrons. The van der Waals surface area contributed by atoms with Crippen LogP contribution in [0.15, 0.2) is 24.3 Å². The van der Waals surface area contributed by atoms with E-state index in [2.05, 4.69) is 0 Å². The van der Waals surface area contributed by atoms with Crippen LogP contribution < -0.4 is 11.5 Å². The number of anilines is 1. The van der Waals surface area contributed by atoms with Gasteiger partial charge >= 0.3 is 0 Å². The molecule has 0 spiro atoms. The maximum absolute atomic E-state index is 9.31. The van der Waals surface area contributed by atoms with Crippen LogP contribution in [0.25, 0.3) is 0 Å². The van der Waals surface area contributed by atoms with Gasteiger partial charge in [0.15, 0.2) is 0 Å². The van der Waals surface area contributed by atoms with Gasteiger partial charge in [-0.3, -0.25) is 0 Å². The zero-order valence-corrected chi connectivity index (χ0v) is 6.20. The van der Waals surface area contributed by atoms with E-state index in [4.69, 9.17) is 11.5 Å². The van der Waals surface area contributed by atoms with Crippen molar-refractivity contribution in [3.8, 4) is 0 Å². The van der Waals surface area contributed by atoms with Crippen molar-refractivity contribution >= 4 is 5.69 Å². The third-order valence-corrected chi connectivity index (χ3v) is 1.58. The molecule has 1 aromatic carbocycles. The Kier molecular flexibility index (Phi) is 2.46. The lowest BCUT2D eigenvalue weighted by molar-refractivity contribution is 0.187. The van der Waals surface area contributed by atoms with E-state index in [9.17, 15) is 5.11 Å². The number of hydrogen-bond donors (Lipinski definition) is 3. The summed E-state index contributed by atoms with van der Waals surface area (Å²) < 4.78 is 0. The van der Waals surface area contributed by atoms with Crippen LogP contribution in [0.4, 0.5) is 5.69 Å². The monoisotopic (exact) mass is 152 g/mol. The fourth-order valence-corrected chi connectivity index (χ4v) is 0.941. The third kappa shape index (κ3) is 1.69. The maximum atomic E-state index is 9.31. The number of rotatable bonds is 2. The second-order valence-corrected chi connectivity index (χ2v) is 2.38. The Labute approximate surface area is 65.6 Å². The van der Waals surface area contributed by atoms with E-state index in [0.717, 1.165) is 0 Å². The van der Waals surface area contributed by atoms with Gasteiger partial charge in [0.1, 0.15) is 0 Å². The standard InChI is InChI=1S/C8H12N2O/c9-5-8(11)6-3-1-2-4-7(6)10/h1-4,8,11H,5,9-10H2. The van der Waals surface area contributed by atoms with Gasteiger partial charge in [-0.2, -0.15) is 0 Å². The average Bonchev–Trinajstić information content (AvgIpc) is 2.04. The first-order valence-corrected chi connectivity index (χ1v) is 3.48. The quantitative estimate of drug-likeness (QED) is 0.532. The molecule has 0 saturated heterocycles. The number of nitrogen functional groups attached to an aromatic ring is 1. The summed E-state index contributed by atoms with van der Waals surface area (Å²) in [5, 5.41) is 9.31. The van der Waals surface area contributed by atoms with E-state index in [0.29, 0.717) is 11.3 Å². The van der Waals surface area contributed by atoms with Crippen LogP contribution in [0.5, 0.6) is 0 Å². The van der Waals surface area contributed by atoms with E-state index in [1.54, 1.807) is 12.1 Å². The minimum atomic E-state index is -0.642. The van der Waals surface area contributed by atoms with Crippen LogP contribution in [0.1, 0.15) is 11.7 Å². The van der Waals surface area contributed by atoms with Gasteiger partial charge in [-0.25, -0.2) is 0 Å². The second-order valence-electron chi connectivity index (χ2n) is 2.38. The molecule has 0 aliphatic carbocycles. The summed E-state index contributed by atoms with van der Waals surface area (Å²) in [5.41, 5.74) is 12.1. The minimum Gasteiger partial charge on any atom is -0.398 e. The lowest BCUT2D eigenvalue weighted by Crippen LogP contribution is -2.12. The molecule has 1 rings (SSSR count). The van der Waals surface area contributed by atoms with Crippen molar-refractivity contribution in [1.82, 2.24) is 0 Å². The van der Waals surface area contributed by atoms with Crippen molar-refractivity contribution in [2.45, 2.75) is 6.10 Å². The Bertz CT molecular complexity index is 237. The maximum Gasteiger partial charge on any atom is 0.0932 e. The van der Waals surface area contributed by atoms with Crippen LogP contribution in [-0.4, -0.2) is 11.7 Å². The van der Waals surface area contributed by atoms with Crippen LogP contribution in [0.2, 0.25) is 0 Å². The molecule has 1 unspecified atom stereocenters. The van der Waals surface area contributed by atoms with Gasteiger partial charge in [0.25, 0.3) is 0 Å². The predicted molar refractivity (Wildman–Crippen MR) is 44.9 cm³/mol. The summed E-state index contributed by atoms with van der Waals surface area (Å²) in [6, 6.07) is 7.16. The number of benzene rings is 1. The molecule has 0 heterocycles. The van der Waals surface area contributed by atoms with Crippen molar-refractivity contribution in [2.24, 2.45) is 5.73 Å². The predicted octanol–water partition coefficient (Wildman–Crippen LogP) is 0.261. The molecule has 0 aliphatic heterocycles. The van der Waals surface area contributed by atoms with Gasteiger partial charge < -0.3 is 16.6 Å². The molecule has 60 valence electrons. The summed E-state index contributed by atoms with van der Waals surface area (Å²) in [7, 11) is 0. The van der Waals surface area contributed by atoms with Gasteiger partial charge in [0, 0.05) is 17.8 Å². The molecule has 11 heavy (non-hydrogen) atoms. The van der Waals surface area contributed by atoms with Crippen molar-refractivity contribution in [1.29, 1.82) is 0 Å². The highest BCUT2D eigenvalue weighted by molar-refractivity contribution is 5.47. The summed E-state index contributed by atoms with van der Waals surface area (Å²) in [6.07, 6.45) is -0.642. The molecule has 0 aliphatic rings. The molecule has 1 aromatic rings. The molecule has 0 bridgehead atoms. The lowest BCUT2D eigenvalue weighted by Gasteiger charge is -2.09. The second kappa shape index (κ2) is 3.37. The fraction of sp³-hybridized carbons (Fsp3) is 0.250. The van der Waals surface area contributed by atoms with Gasteiger partial charge in [-0.1, -0.05) is 18.2 Å². The highest BCUT2D eigenvalue weighted by Gasteiger charge is 2.06. The Morgan fingerprint density at radius 1 is 1.36 bits per heavy atom. The average molecular weight is 152 g/mol. The molecule has 0 saturated carbocycles. The smallest absolute Gasteiger partial charge is 0.0932 e.